The molecular weight excluding hydrogens is 343 g/mol. The third-order valence-corrected chi connectivity index (χ3v) is 4.49. The molecule has 7 heteroatoms. The number of para-hydroxylation sites is 1. The Bertz CT molecular complexity index is 766. The number of piperazine rings is 1. The number of carbonyl (C=O) groups is 1. The van der Waals surface area contributed by atoms with Crippen molar-refractivity contribution < 1.29 is 18.0 Å². The van der Waals surface area contributed by atoms with Crippen LogP contribution in [0.5, 0.6) is 0 Å². The summed E-state index contributed by atoms with van der Waals surface area (Å²) in [5, 5.41) is 2.66. The average molecular weight is 363 g/mol. The highest BCUT2D eigenvalue weighted by molar-refractivity contribution is 5.89. The maximum atomic E-state index is 12.6. The summed E-state index contributed by atoms with van der Waals surface area (Å²) >= 11 is 0. The van der Waals surface area contributed by atoms with Gasteiger partial charge in [-0.2, -0.15) is 13.2 Å². The van der Waals surface area contributed by atoms with Crippen LogP contribution in [-0.4, -0.2) is 37.1 Å². The van der Waals surface area contributed by atoms with Crippen LogP contribution in [0, 0.1) is 6.92 Å². The fourth-order valence-electron chi connectivity index (χ4n) is 3.01. The molecule has 0 saturated carbocycles. The SMILES string of the molecule is Cc1ccccc1N1CCN(C(=O)Nc2ccc(C(F)(F)F)cc2)CC1. The number of rotatable bonds is 2. The number of aryl methyl sites for hydroxylation is 1. The first-order chi connectivity index (χ1) is 12.3. The molecule has 26 heavy (non-hydrogen) atoms. The van der Waals surface area contributed by atoms with Crippen LogP contribution in [-0.2, 0) is 6.18 Å². The quantitative estimate of drug-likeness (QED) is 0.860. The molecule has 1 aliphatic heterocycles. The standard InChI is InChI=1S/C19H20F3N3O/c1-14-4-2-3-5-17(14)24-10-12-25(13-11-24)18(26)23-16-8-6-15(7-9-16)19(20,21)22/h2-9H,10-13H2,1H3,(H,23,26). The molecular formula is C19H20F3N3O. The molecule has 1 saturated heterocycles. The van der Waals surface area contributed by atoms with E-state index in [9.17, 15) is 18.0 Å². The molecule has 2 amide bonds. The third kappa shape index (κ3) is 4.09. The number of halogens is 3. The molecule has 2 aromatic rings. The van der Waals surface area contributed by atoms with Gasteiger partial charge in [0, 0.05) is 37.6 Å². The van der Waals surface area contributed by atoms with Crippen LogP contribution in [0.3, 0.4) is 0 Å². The predicted octanol–water partition coefficient (Wildman–Crippen LogP) is 4.37. The van der Waals surface area contributed by atoms with Gasteiger partial charge in [0.2, 0.25) is 0 Å². The van der Waals surface area contributed by atoms with Gasteiger partial charge in [-0.15, -0.1) is 0 Å². The van der Waals surface area contributed by atoms with E-state index in [1.54, 1.807) is 4.90 Å². The Morgan fingerprint density at radius 3 is 2.15 bits per heavy atom. The van der Waals surface area contributed by atoms with E-state index >= 15 is 0 Å². The number of anilines is 2. The lowest BCUT2D eigenvalue weighted by atomic mass is 10.1. The summed E-state index contributed by atoms with van der Waals surface area (Å²) in [5.41, 5.74) is 1.97. The topological polar surface area (TPSA) is 35.6 Å². The Kier molecular flexibility index (Phi) is 5.06. The molecule has 3 rings (SSSR count). The van der Waals surface area contributed by atoms with Crippen LogP contribution in [0.25, 0.3) is 0 Å². The molecule has 2 aromatic carbocycles. The monoisotopic (exact) mass is 363 g/mol. The van der Waals surface area contributed by atoms with Gasteiger partial charge in [0.1, 0.15) is 0 Å². The summed E-state index contributed by atoms with van der Waals surface area (Å²) in [6.07, 6.45) is -4.38. The average Bonchev–Trinajstić information content (AvgIpc) is 2.62. The van der Waals surface area contributed by atoms with Gasteiger partial charge in [-0.1, -0.05) is 18.2 Å². The van der Waals surface area contributed by atoms with E-state index in [1.165, 1.54) is 17.7 Å². The molecule has 0 radical (unpaired) electrons. The Morgan fingerprint density at radius 1 is 0.962 bits per heavy atom. The van der Waals surface area contributed by atoms with E-state index in [1.807, 2.05) is 12.1 Å². The number of amides is 2. The molecule has 4 nitrogen and oxygen atoms in total. The van der Waals surface area contributed by atoms with Gasteiger partial charge >= 0.3 is 12.2 Å². The molecule has 1 fully saturated rings. The van der Waals surface area contributed by atoms with Gasteiger partial charge in [0.25, 0.3) is 0 Å². The smallest absolute Gasteiger partial charge is 0.368 e. The molecule has 0 aromatic heterocycles. The molecule has 0 bridgehead atoms. The van der Waals surface area contributed by atoms with Gasteiger partial charge < -0.3 is 15.1 Å². The van der Waals surface area contributed by atoms with E-state index in [4.69, 9.17) is 0 Å². The number of carbonyl (C=O) groups excluding carboxylic acids is 1. The van der Waals surface area contributed by atoms with E-state index in [-0.39, 0.29) is 6.03 Å². The fraction of sp³-hybridized carbons (Fsp3) is 0.316. The number of nitrogens with one attached hydrogen (secondary N) is 1. The highest BCUT2D eigenvalue weighted by atomic mass is 19.4. The zero-order valence-electron chi connectivity index (χ0n) is 14.4. The Hall–Kier alpha value is -2.70. The second-order valence-corrected chi connectivity index (χ2v) is 6.27. The van der Waals surface area contributed by atoms with Gasteiger partial charge in [-0.25, -0.2) is 4.79 Å². The molecule has 0 aliphatic carbocycles. The minimum atomic E-state index is -4.38. The zero-order valence-corrected chi connectivity index (χ0v) is 14.4. The van der Waals surface area contributed by atoms with Crippen molar-refractivity contribution in [3.63, 3.8) is 0 Å². The van der Waals surface area contributed by atoms with Crippen LogP contribution < -0.4 is 10.2 Å². The number of benzene rings is 2. The number of hydrogen-bond donors (Lipinski definition) is 1. The van der Waals surface area contributed by atoms with E-state index in [2.05, 4.69) is 29.3 Å². The summed E-state index contributed by atoms with van der Waals surface area (Å²) < 4.78 is 37.7. The zero-order chi connectivity index (χ0) is 18.7. The van der Waals surface area contributed by atoms with E-state index < -0.39 is 11.7 Å². The van der Waals surface area contributed by atoms with Gasteiger partial charge in [0.05, 0.1) is 5.56 Å². The minimum absolute atomic E-state index is 0.297. The number of urea groups is 1. The minimum Gasteiger partial charge on any atom is -0.368 e. The lowest BCUT2D eigenvalue weighted by Gasteiger charge is -2.36. The van der Waals surface area contributed by atoms with Crippen molar-refractivity contribution in [2.75, 3.05) is 36.4 Å². The fourth-order valence-corrected chi connectivity index (χ4v) is 3.01. The Balaban J connectivity index is 1.56. The highest BCUT2D eigenvalue weighted by Crippen LogP contribution is 2.30. The normalized spacial score (nSPS) is 15.1. The molecule has 0 unspecified atom stereocenters. The van der Waals surface area contributed by atoms with Crippen molar-refractivity contribution in [2.24, 2.45) is 0 Å². The number of alkyl halides is 3. The third-order valence-electron chi connectivity index (χ3n) is 4.49. The molecule has 1 N–H and O–H groups in total. The molecule has 0 atom stereocenters. The van der Waals surface area contributed by atoms with Crippen molar-refractivity contribution in [1.82, 2.24) is 4.90 Å². The molecule has 138 valence electrons. The maximum Gasteiger partial charge on any atom is 0.416 e. The van der Waals surface area contributed by atoms with Crippen molar-refractivity contribution in [3.05, 3.63) is 59.7 Å². The van der Waals surface area contributed by atoms with Crippen molar-refractivity contribution in [1.29, 1.82) is 0 Å². The Morgan fingerprint density at radius 2 is 1.58 bits per heavy atom. The van der Waals surface area contributed by atoms with E-state index in [0.717, 1.165) is 17.8 Å². The van der Waals surface area contributed by atoms with Crippen LogP contribution in [0.15, 0.2) is 48.5 Å². The van der Waals surface area contributed by atoms with Crippen molar-refractivity contribution >= 4 is 17.4 Å². The summed E-state index contributed by atoms with van der Waals surface area (Å²) in [6, 6.07) is 12.3. The number of hydrogen-bond acceptors (Lipinski definition) is 2. The second-order valence-electron chi connectivity index (χ2n) is 6.27. The lowest BCUT2D eigenvalue weighted by Crippen LogP contribution is -2.50. The lowest BCUT2D eigenvalue weighted by molar-refractivity contribution is -0.137. The van der Waals surface area contributed by atoms with Crippen LogP contribution in [0.4, 0.5) is 29.3 Å². The molecule has 0 spiro atoms. The molecule has 1 heterocycles. The number of nitrogens with zero attached hydrogens (tertiary/aromatic N) is 2. The largest absolute Gasteiger partial charge is 0.416 e. The van der Waals surface area contributed by atoms with Crippen molar-refractivity contribution in [2.45, 2.75) is 13.1 Å². The van der Waals surface area contributed by atoms with Crippen LogP contribution in [0.1, 0.15) is 11.1 Å². The predicted molar refractivity (Wildman–Crippen MR) is 95.4 cm³/mol. The summed E-state index contributed by atoms with van der Waals surface area (Å²) in [4.78, 5) is 16.2. The second kappa shape index (κ2) is 7.27. The Labute approximate surface area is 150 Å². The van der Waals surface area contributed by atoms with Gasteiger partial charge in [-0.05, 0) is 42.8 Å². The van der Waals surface area contributed by atoms with Crippen LogP contribution in [0.2, 0.25) is 0 Å². The van der Waals surface area contributed by atoms with Gasteiger partial charge in [-0.3, -0.25) is 0 Å². The highest BCUT2D eigenvalue weighted by Gasteiger charge is 2.30. The van der Waals surface area contributed by atoms with E-state index in [0.29, 0.717) is 31.9 Å². The summed E-state index contributed by atoms with van der Waals surface area (Å²) in [5.74, 6) is 0. The van der Waals surface area contributed by atoms with Crippen molar-refractivity contribution in [3.8, 4) is 0 Å². The maximum absolute atomic E-state index is 12.6. The first-order valence-electron chi connectivity index (χ1n) is 8.38. The summed E-state index contributed by atoms with van der Waals surface area (Å²) in [6.45, 7) is 4.59. The summed E-state index contributed by atoms with van der Waals surface area (Å²) in [7, 11) is 0. The first-order valence-corrected chi connectivity index (χ1v) is 8.38. The first kappa shape index (κ1) is 18.1. The van der Waals surface area contributed by atoms with Crippen LogP contribution >= 0.6 is 0 Å². The van der Waals surface area contributed by atoms with Gasteiger partial charge in [0.15, 0.2) is 0 Å². The molecule has 1 aliphatic rings.